The molecule has 1 rings (SSSR count). The summed E-state index contributed by atoms with van der Waals surface area (Å²) in [4.78, 5) is 8.62. The summed E-state index contributed by atoms with van der Waals surface area (Å²) < 4.78 is 35.6. The van der Waals surface area contributed by atoms with E-state index in [1.807, 2.05) is 0 Å². The van der Waals surface area contributed by atoms with Gasteiger partial charge in [0.2, 0.25) is 0 Å². The second-order valence-corrected chi connectivity index (χ2v) is 3.67. The van der Waals surface area contributed by atoms with Gasteiger partial charge in [-0.25, -0.2) is 0 Å². The van der Waals surface area contributed by atoms with Gasteiger partial charge in [0.25, 0.3) is 5.70 Å². The van der Waals surface area contributed by atoms with Gasteiger partial charge in [-0.2, -0.15) is 8.42 Å². The van der Waals surface area contributed by atoms with E-state index in [4.69, 9.17) is 0 Å². The van der Waals surface area contributed by atoms with Crippen molar-refractivity contribution in [3.05, 3.63) is 32.9 Å². The van der Waals surface area contributed by atoms with Gasteiger partial charge < -0.3 is 0 Å². The zero-order valence-electron chi connectivity index (χ0n) is 6.14. The van der Waals surface area contributed by atoms with Crippen molar-refractivity contribution < 1.29 is 22.3 Å². The van der Waals surface area contributed by atoms with Gasteiger partial charge in [0.1, 0.15) is 0 Å². The minimum atomic E-state index is -4.61. The number of hydrogen-bond acceptors (Lipinski definition) is 5. The third-order valence-corrected chi connectivity index (χ3v) is 2.51. The van der Waals surface area contributed by atoms with Crippen molar-refractivity contribution >= 4 is 10.1 Å². The molecule has 1 aliphatic rings. The van der Waals surface area contributed by atoms with E-state index in [0.29, 0.717) is 0 Å². The van der Waals surface area contributed by atoms with Crippen LogP contribution in [0, 0.1) is 10.1 Å². The van der Waals surface area contributed by atoms with Gasteiger partial charge in [0, 0.05) is 0 Å². The van der Waals surface area contributed by atoms with E-state index in [1.165, 1.54) is 6.08 Å². The van der Waals surface area contributed by atoms with Crippen LogP contribution in [0.25, 0.3) is 0 Å². The highest BCUT2D eigenvalue weighted by Gasteiger charge is 2.31. The fourth-order valence-electron chi connectivity index (χ4n) is 0.900. The lowest BCUT2D eigenvalue weighted by Crippen LogP contribution is -2.07. The van der Waals surface area contributed by atoms with Crippen molar-refractivity contribution in [1.82, 2.24) is 0 Å². The van der Waals surface area contributed by atoms with Crippen molar-refractivity contribution in [3.8, 4) is 0 Å². The summed E-state index contributed by atoms with van der Waals surface area (Å²) in [5.74, 6) is 0. The molecule has 6 nitrogen and oxygen atoms in total. The Kier molecular flexibility index (Phi) is 2.43. The summed E-state index contributed by atoms with van der Waals surface area (Å²) in [6, 6.07) is 0. The van der Waals surface area contributed by atoms with Gasteiger partial charge in [-0.05, 0) is 10.6 Å². The average molecular weight is 209 g/mol. The van der Waals surface area contributed by atoms with E-state index in [-0.39, 0.29) is 6.42 Å². The van der Waals surface area contributed by atoms with Gasteiger partial charge in [0.05, 0.1) is 11.3 Å². The normalized spacial score (nSPS) is 16.7. The lowest BCUT2D eigenvalue weighted by molar-refractivity contribution is -0.426. The van der Waals surface area contributed by atoms with Crippen LogP contribution in [0.15, 0.2) is 22.8 Å². The molecule has 0 spiro atoms. The van der Waals surface area contributed by atoms with E-state index in [2.05, 4.69) is 4.39 Å². The molecule has 0 amide bonds. The zero-order valence-corrected chi connectivity index (χ0v) is 6.95. The van der Waals surface area contributed by atoms with Crippen molar-refractivity contribution in [3.63, 3.8) is 0 Å². The van der Waals surface area contributed by atoms with Gasteiger partial charge in [-0.3, -0.25) is 10.1 Å². The Hall–Kier alpha value is -1.28. The molecule has 8 heteroatoms. The van der Waals surface area contributed by atoms with Crippen LogP contribution >= 0.6 is 0 Å². The van der Waals surface area contributed by atoms with Crippen molar-refractivity contribution in [2.75, 3.05) is 0 Å². The van der Waals surface area contributed by atoms with Crippen LogP contribution in [-0.4, -0.2) is 13.3 Å². The monoisotopic (exact) mass is 209 g/mol. The zero-order chi connectivity index (χ0) is 10.1. The highest BCUT2D eigenvalue weighted by Crippen LogP contribution is 2.25. The second-order valence-electron chi connectivity index (χ2n) is 2.19. The highest BCUT2D eigenvalue weighted by molar-refractivity contribution is 7.90. The van der Waals surface area contributed by atoms with E-state index in [9.17, 15) is 23.1 Å². The lowest BCUT2D eigenvalue weighted by atomic mass is 10.4. The molecule has 0 saturated carbocycles. The third-order valence-electron chi connectivity index (χ3n) is 1.44. The summed E-state index contributed by atoms with van der Waals surface area (Å²) in [6.07, 6.45) is 2.03. The molecule has 0 saturated heterocycles. The Morgan fingerprint density at radius 1 is 1.62 bits per heavy atom. The molecule has 0 fully saturated rings. The predicted molar refractivity (Wildman–Crippen MR) is 38.9 cm³/mol. The molecule has 0 aromatic rings. The first-order valence-electron chi connectivity index (χ1n) is 3.08. The molecule has 72 valence electrons. The van der Waals surface area contributed by atoms with Crippen LogP contribution in [0.4, 0.5) is 4.53 Å². The first-order valence-corrected chi connectivity index (χ1v) is 4.49. The molecule has 0 aromatic carbocycles. The largest absolute Gasteiger partial charge is 0.333 e. The SMILES string of the molecule is O=[N+]([O-])C1=C(S(=O)(=O)OF)C=CC1. The van der Waals surface area contributed by atoms with E-state index >= 15 is 0 Å². The summed E-state index contributed by atoms with van der Waals surface area (Å²) in [5.41, 5.74) is -0.586. The van der Waals surface area contributed by atoms with E-state index in [1.54, 1.807) is 0 Å². The predicted octanol–water partition coefficient (Wildman–Crippen LogP) is 0.665. The molecule has 13 heavy (non-hydrogen) atoms. The van der Waals surface area contributed by atoms with Crippen molar-refractivity contribution in [1.29, 1.82) is 0 Å². The third kappa shape index (κ3) is 1.73. The van der Waals surface area contributed by atoms with E-state index < -0.39 is 25.6 Å². The maximum atomic E-state index is 11.5. The molecule has 1 aliphatic carbocycles. The molecule has 0 N–H and O–H groups in total. The summed E-state index contributed by atoms with van der Waals surface area (Å²) in [6.45, 7) is 0. The van der Waals surface area contributed by atoms with Crippen molar-refractivity contribution in [2.45, 2.75) is 6.42 Å². The van der Waals surface area contributed by atoms with Gasteiger partial charge in [-0.15, -0.1) is 0 Å². The average Bonchev–Trinajstić information content (AvgIpc) is 2.52. The topological polar surface area (TPSA) is 86.5 Å². The first-order chi connectivity index (χ1) is 5.99. The van der Waals surface area contributed by atoms with E-state index in [0.717, 1.165) is 6.08 Å². The Morgan fingerprint density at radius 2 is 2.23 bits per heavy atom. The molecular formula is C5H4FNO5S. The van der Waals surface area contributed by atoms with Crippen LogP contribution in [0.2, 0.25) is 0 Å². The Labute approximate surface area is 72.5 Å². The number of nitro groups is 1. The van der Waals surface area contributed by atoms with Crippen LogP contribution in [0.3, 0.4) is 0 Å². The number of hydrogen-bond donors (Lipinski definition) is 0. The fraction of sp³-hybridized carbons (Fsp3) is 0.200. The Morgan fingerprint density at radius 3 is 2.69 bits per heavy atom. The maximum absolute atomic E-state index is 11.5. The molecular weight excluding hydrogens is 205 g/mol. The van der Waals surface area contributed by atoms with Crippen LogP contribution in [0.5, 0.6) is 0 Å². The van der Waals surface area contributed by atoms with Gasteiger partial charge >= 0.3 is 10.1 Å². The number of nitrogens with zero attached hydrogens (tertiary/aromatic N) is 1. The Bertz CT molecular complexity index is 395. The summed E-state index contributed by atoms with van der Waals surface area (Å²) >= 11 is 0. The molecule has 0 bridgehead atoms. The Balaban J connectivity index is 3.22. The summed E-state index contributed by atoms with van der Waals surface area (Å²) in [7, 11) is -4.61. The second kappa shape index (κ2) is 3.23. The quantitative estimate of drug-likeness (QED) is 0.503. The molecule has 0 heterocycles. The maximum Gasteiger partial charge on any atom is 0.333 e. The lowest BCUT2D eigenvalue weighted by Gasteiger charge is -1.95. The molecule has 0 aromatic heterocycles. The smallest absolute Gasteiger partial charge is 0.259 e. The van der Waals surface area contributed by atoms with Crippen LogP contribution in [0.1, 0.15) is 6.42 Å². The number of halogens is 1. The number of rotatable bonds is 3. The minimum Gasteiger partial charge on any atom is -0.259 e. The standard InChI is InChI=1S/C5H4FNO5S/c6-12-13(10,11)5-3-1-2-4(5)7(8)9/h1,3H,2H2. The van der Waals surface area contributed by atoms with Crippen LogP contribution in [-0.2, 0) is 14.5 Å². The van der Waals surface area contributed by atoms with Gasteiger partial charge in [0.15, 0.2) is 4.91 Å². The minimum absolute atomic E-state index is 0.148. The molecule has 0 unspecified atom stereocenters. The summed E-state index contributed by atoms with van der Waals surface area (Å²) in [5, 5.41) is 10.2. The van der Waals surface area contributed by atoms with Gasteiger partial charge in [-0.1, -0.05) is 10.5 Å². The number of allylic oxidation sites excluding steroid dienone is 2. The molecule has 0 radical (unpaired) electrons. The fourth-order valence-corrected chi connectivity index (χ4v) is 1.68. The highest BCUT2D eigenvalue weighted by atomic mass is 32.2. The van der Waals surface area contributed by atoms with Crippen LogP contribution < -0.4 is 0 Å². The molecule has 0 atom stereocenters. The molecule has 0 aliphatic heterocycles. The first kappa shape index (κ1) is 9.81. The van der Waals surface area contributed by atoms with Crippen molar-refractivity contribution in [2.24, 2.45) is 0 Å².